The van der Waals surface area contributed by atoms with Gasteiger partial charge in [-0.2, -0.15) is 5.10 Å². The fourth-order valence-corrected chi connectivity index (χ4v) is 1.77. The zero-order valence-corrected chi connectivity index (χ0v) is 10.9. The highest BCUT2D eigenvalue weighted by Gasteiger charge is 2.32. The molecule has 1 heterocycles. The molecule has 0 spiro atoms. The monoisotopic (exact) mass is 239 g/mol. The van der Waals surface area contributed by atoms with Crippen LogP contribution in [0.2, 0.25) is 0 Å². The molecule has 0 fully saturated rings. The van der Waals surface area contributed by atoms with E-state index in [1.54, 1.807) is 13.8 Å². The number of hydrogen-bond donors (Lipinski definition) is 1. The summed E-state index contributed by atoms with van der Waals surface area (Å²) in [6, 6.07) is 1.98. The van der Waals surface area contributed by atoms with Gasteiger partial charge in [-0.3, -0.25) is 9.48 Å². The summed E-state index contributed by atoms with van der Waals surface area (Å²) >= 11 is 0. The molecule has 5 heteroatoms. The van der Waals surface area contributed by atoms with Gasteiger partial charge < -0.3 is 10.5 Å². The van der Waals surface area contributed by atoms with Crippen LogP contribution in [0.4, 0.5) is 0 Å². The molecule has 0 aliphatic carbocycles. The highest BCUT2D eigenvalue weighted by Crippen LogP contribution is 2.19. The average molecular weight is 239 g/mol. The zero-order valence-electron chi connectivity index (χ0n) is 10.9. The van der Waals surface area contributed by atoms with Crippen LogP contribution < -0.4 is 5.73 Å². The molecule has 17 heavy (non-hydrogen) atoms. The smallest absolute Gasteiger partial charge is 0.325 e. The number of carbonyl (C=O) groups is 1. The van der Waals surface area contributed by atoms with E-state index in [1.165, 1.54) is 0 Å². The normalized spacial score (nSPS) is 16.3. The van der Waals surface area contributed by atoms with Gasteiger partial charge in [-0.25, -0.2) is 0 Å². The predicted molar refractivity (Wildman–Crippen MR) is 65.5 cm³/mol. The van der Waals surface area contributed by atoms with Crippen LogP contribution in [-0.2, 0) is 9.53 Å². The first-order valence-corrected chi connectivity index (χ1v) is 5.84. The molecule has 0 aliphatic rings. The zero-order chi connectivity index (χ0) is 13.1. The van der Waals surface area contributed by atoms with Crippen LogP contribution in [0.3, 0.4) is 0 Å². The van der Waals surface area contributed by atoms with E-state index in [2.05, 4.69) is 5.10 Å². The number of nitrogens with two attached hydrogens (primary N) is 1. The molecule has 2 unspecified atom stereocenters. The average Bonchev–Trinajstić information content (AvgIpc) is 2.64. The highest BCUT2D eigenvalue weighted by atomic mass is 16.5. The molecule has 5 nitrogen and oxygen atoms in total. The molecule has 0 aliphatic heterocycles. The molecule has 96 valence electrons. The van der Waals surface area contributed by atoms with Crippen LogP contribution >= 0.6 is 0 Å². The van der Waals surface area contributed by atoms with Gasteiger partial charge in [-0.1, -0.05) is 0 Å². The van der Waals surface area contributed by atoms with E-state index in [1.807, 2.05) is 30.8 Å². The van der Waals surface area contributed by atoms with E-state index < -0.39 is 5.54 Å². The third-order valence-corrected chi connectivity index (χ3v) is 2.65. The number of rotatable bonds is 5. The number of esters is 1. The minimum absolute atomic E-state index is 0.0584. The molecule has 2 N–H and O–H groups in total. The summed E-state index contributed by atoms with van der Waals surface area (Å²) in [4.78, 5) is 11.7. The van der Waals surface area contributed by atoms with Crippen molar-refractivity contribution in [3.63, 3.8) is 0 Å². The molecule has 0 amide bonds. The summed E-state index contributed by atoms with van der Waals surface area (Å²) in [5.74, 6) is -0.365. The van der Waals surface area contributed by atoms with E-state index in [-0.39, 0.29) is 12.0 Å². The van der Waals surface area contributed by atoms with Gasteiger partial charge in [0.2, 0.25) is 0 Å². The lowest BCUT2D eigenvalue weighted by Crippen LogP contribution is -2.47. The SMILES string of the molecule is CCOC(=O)C(C)(N)CC(C)n1ccc(C)n1. The summed E-state index contributed by atoms with van der Waals surface area (Å²) in [7, 11) is 0. The summed E-state index contributed by atoms with van der Waals surface area (Å²) < 4.78 is 6.77. The van der Waals surface area contributed by atoms with Crippen LogP contribution in [0, 0.1) is 6.92 Å². The van der Waals surface area contributed by atoms with Crippen molar-refractivity contribution in [3.05, 3.63) is 18.0 Å². The third-order valence-electron chi connectivity index (χ3n) is 2.65. The maximum Gasteiger partial charge on any atom is 0.325 e. The quantitative estimate of drug-likeness (QED) is 0.789. The van der Waals surface area contributed by atoms with E-state index in [0.717, 1.165) is 5.69 Å². The second kappa shape index (κ2) is 5.31. The van der Waals surface area contributed by atoms with Crippen molar-refractivity contribution in [3.8, 4) is 0 Å². The van der Waals surface area contributed by atoms with Crippen molar-refractivity contribution in [2.24, 2.45) is 5.73 Å². The molecule has 2 atom stereocenters. The molecule has 0 bridgehead atoms. The Bertz CT molecular complexity index is 385. The Morgan fingerprint density at radius 3 is 2.82 bits per heavy atom. The second-order valence-corrected chi connectivity index (χ2v) is 4.63. The molecule has 1 rings (SSSR count). The van der Waals surface area contributed by atoms with Gasteiger partial charge in [-0.15, -0.1) is 0 Å². The van der Waals surface area contributed by atoms with Crippen molar-refractivity contribution >= 4 is 5.97 Å². The predicted octanol–water partition coefficient (Wildman–Crippen LogP) is 1.42. The van der Waals surface area contributed by atoms with E-state index in [9.17, 15) is 4.79 Å². The van der Waals surface area contributed by atoms with Gasteiger partial charge in [-0.05, 0) is 40.2 Å². The standard InChI is InChI=1S/C12H21N3O2/c1-5-17-11(16)12(4,13)8-10(3)15-7-6-9(2)14-15/h6-7,10H,5,8,13H2,1-4H3. The minimum atomic E-state index is -0.977. The molecule has 1 aromatic rings. The molecule has 0 aromatic carbocycles. The topological polar surface area (TPSA) is 70.1 Å². The first-order valence-electron chi connectivity index (χ1n) is 5.84. The van der Waals surface area contributed by atoms with Gasteiger partial charge in [0, 0.05) is 6.20 Å². The number of nitrogens with zero attached hydrogens (tertiary/aromatic N) is 2. The Balaban J connectivity index is 2.67. The maximum absolute atomic E-state index is 11.7. The van der Waals surface area contributed by atoms with E-state index in [4.69, 9.17) is 10.5 Å². The van der Waals surface area contributed by atoms with Gasteiger partial charge in [0.1, 0.15) is 5.54 Å². The number of carbonyl (C=O) groups excluding carboxylic acids is 1. The van der Waals surface area contributed by atoms with Crippen LogP contribution in [0.15, 0.2) is 12.3 Å². The van der Waals surface area contributed by atoms with E-state index >= 15 is 0 Å². The van der Waals surface area contributed by atoms with Crippen molar-refractivity contribution in [2.45, 2.75) is 45.7 Å². The molecular formula is C12H21N3O2. The first-order chi connectivity index (χ1) is 7.86. The summed E-state index contributed by atoms with van der Waals surface area (Å²) in [6.07, 6.45) is 2.38. The fraction of sp³-hybridized carbons (Fsp3) is 0.667. The summed E-state index contributed by atoms with van der Waals surface area (Å²) in [6.45, 7) is 7.72. The summed E-state index contributed by atoms with van der Waals surface area (Å²) in [5.41, 5.74) is 5.95. The number of hydrogen-bond acceptors (Lipinski definition) is 4. The van der Waals surface area contributed by atoms with Gasteiger partial charge in [0.15, 0.2) is 0 Å². The Kier molecular flexibility index (Phi) is 4.28. The van der Waals surface area contributed by atoms with Crippen molar-refractivity contribution in [1.29, 1.82) is 0 Å². The van der Waals surface area contributed by atoms with Crippen molar-refractivity contribution in [1.82, 2.24) is 9.78 Å². The fourth-order valence-electron chi connectivity index (χ4n) is 1.77. The third kappa shape index (κ3) is 3.56. The molecule has 0 saturated heterocycles. The van der Waals surface area contributed by atoms with Crippen LogP contribution in [0.1, 0.15) is 38.9 Å². The number of aryl methyl sites for hydroxylation is 1. The lowest BCUT2D eigenvalue weighted by Gasteiger charge is -2.25. The summed E-state index contributed by atoms with van der Waals surface area (Å²) in [5, 5.41) is 4.31. The van der Waals surface area contributed by atoms with Crippen LogP contribution in [0.5, 0.6) is 0 Å². The number of aromatic nitrogens is 2. The molecule has 1 aromatic heterocycles. The highest BCUT2D eigenvalue weighted by molar-refractivity contribution is 5.80. The Morgan fingerprint density at radius 1 is 1.71 bits per heavy atom. The molecule has 0 radical (unpaired) electrons. The maximum atomic E-state index is 11.7. The Morgan fingerprint density at radius 2 is 2.35 bits per heavy atom. The van der Waals surface area contributed by atoms with Crippen LogP contribution in [-0.4, -0.2) is 27.9 Å². The minimum Gasteiger partial charge on any atom is -0.465 e. The first kappa shape index (κ1) is 13.7. The lowest BCUT2D eigenvalue weighted by atomic mass is 9.95. The van der Waals surface area contributed by atoms with Crippen molar-refractivity contribution in [2.75, 3.05) is 6.61 Å². The molecular weight excluding hydrogens is 218 g/mol. The van der Waals surface area contributed by atoms with Gasteiger partial charge in [0.25, 0.3) is 0 Å². The number of ether oxygens (including phenoxy) is 1. The van der Waals surface area contributed by atoms with Crippen molar-refractivity contribution < 1.29 is 9.53 Å². The molecule has 0 saturated carbocycles. The second-order valence-electron chi connectivity index (χ2n) is 4.63. The Hall–Kier alpha value is -1.36. The van der Waals surface area contributed by atoms with Crippen LogP contribution in [0.25, 0.3) is 0 Å². The van der Waals surface area contributed by atoms with E-state index in [0.29, 0.717) is 13.0 Å². The Labute approximate surface area is 102 Å². The van der Waals surface area contributed by atoms with Gasteiger partial charge >= 0.3 is 5.97 Å². The van der Waals surface area contributed by atoms with Gasteiger partial charge in [0.05, 0.1) is 18.3 Å². The largest absolute Gasteiger partial charge is 0.465 e. The lowest BCUT2D eigenvalue weighted by molar-refractivity contribution is -0.149.